The van der Waals surface area contributed by atoms with Crippen LogP contribution in [-0.4, -0.2) is 0 Å². The van der Waals surface area contributed by atoms with Crippen molar-refractivity contribution in [3.05, 3.63) is 55.7 Å². The fraction of sp³-hybridized carbons (Fsp3) is 0.0909. The monoisotopic (exact) mass is 312 g/mol. The highest BCUT2D eigenvalue weighted by atomic mass is 35.5. The molecule has 0 aliphatic carbocycles. The van der Waals surface area contributed by atoms with Gasteiger partial charge in [-0.25, -0.2) is 8.78 Å². The molecule has 0 N–H and O–H groups in total. The smallest absolute Gasteiger partial charge is 0.160 e. The van der Waals surface area contributed by atoms with Gasteiger partial charge >= 0.3 is 0 Å². The topological polar surface area (TPSA) is 0 Å². The molecule has 1 atom stereocenters. The van der Waals surface area contributed by atoms with Crippen LogP contribution in [0.3, 0.4) is 0 Å². The summed E-state index contributed by atoms with van der Waals surface area (Å²) in [5, 5.41) is -0.552. The number of hydrogen-bond acceptors (Lipinski definition) is 1. The fourth-order valence-corrected chi connectivity index (χ4v) is 3.11. The van der Waals surface area contributed by atoms with E-state index in [0.717, 1.165) is 17.0 Å². The minimum absolute atomic E-state index is 0.0911. The Labute approximate surface area is 116 Å². The average molecular weight is 314 g/mol. The third kappa shape index (κ3) is 2.74. The van der Waals surface area contributed by atoms with Crippen LogP contribution in [0, 0.1) is 11.6 Å². The molecule has 2 aromatic rings. The summed E-state index contributed by atoms with van der Waals surface area (Å²) in [4.78, 5) is 0.726. The Morgan fingerprint density at radius 3 is 2.29 bits per heavy atom. The molecule has 2 rings (SSSR count). The van der Waals surface area contributed by atoms with Crippen LogP contribution < -0.4 is 0 Å². The van der Waals surface area contributed by atoms with Gasteiger partial charge in [-0.05, 0) is 29.8 Å². The van der Waals surface area contributed by atoms with E-state index >= 15 is 0 Å². The Morgan fingerprint density at radius 1 is 1.06 bits per heavy atom. The summed E-state index contributed by atoms with van der Waals surface area (Å²) < 4.78 is 26.6. The molecule has 1 aromatic heterocycles. The molecule has 0 saturated heterocycles. The first-order chi connectivity index (χ1) is 7.99. The van der Waals surface area contributed by atoms with E-state index in [1.807, 2.05) is 0 Å². The molecule has 0 fully saturated rings. The van der Waals surface area contributed by atoms with Gasteiger partial charge in [-0.1, -0.05) is 23.2 Å². The van der Waals surface area contributed by atoms with Gasteiger partial charge in [-0.3, -0.25) is 0 Å². The van der Waals surface area contributed by atoms with E-state index in [4.69, 9.17) is 34.8 Å². The van der Waals surface area contributed by atoms with Crippen molar-refractivity contribution in [2.24, 2.45) is 0 Å². The standard InChI is InChI=1S/C11H5Cl3F2S/c12-6-4-8(16)7(15)3-5(6)11(14)9-1-2-10(13)17-9/h1-4,11H. The fourth-order valence-electron chi connectivity index (χ4n) is 1.35. The van der Waals surface area contributed by atoms with Crippen molar-refractivity contribution in [2.75, 3.05) is 0 Å². The summed E-state index contributed by atoms with van der Waals surface area (Å²) in [5.41, 5.74) is 0.325. The third-order valence-electron chi connectivity index (χ3n) is 2.16. The molecule has 0 radical (unpaired) electrons. The Kier molecular flexibility index (Phi) is 3.93. The van der Waals surface area contributed by atoms with E-state index in [0.29, 0.717) is 9.90 Å². The van der Waals surface area contributed by atoms with Crippen molar-refractivity contribution in [3.8, 4) is 0 Å². The minimum Gasteiger partial charge on any atom is -0.204 e. The summed E-state index contributed by atoms with van der Waals surface area (Å²) in [6, 6.07) is 5.33. The Hall–Kier alpha value is -0.350. The van der Waals surface area contributed by atoms with Crippen molar-refractivity contribution in [3.63, 3.8) is 0 Å². The zero-order chi connectivity index (χ0) is 12.6. The van der Waals surface area contributed by atoms with Crippen molar-refractivity contribution in [1.82, 2.24) is 0 Å². The van der Waals surface area contributed by atoms with Crippen molar-refractivity contribution in [2.45, 2.75) is 5.38 Å². The van der Waals surface area contributed by atoms with Crippen LogP contribution in [0.1, 0.15) is 15.8 Å². The number of benzene rings is 1. The predicted molar refractivity (Wildman–Crippen MR) is 68.4 cm³/mol. The molecule has 0 saturated carbocycles. The molecule has 0 nitrogen and oxygen atoms in total. The number of thiophene rings is 1. The van der Waals surface area contributed by atoms with E-state index in [9.17, 15) is 8.78 Å². The first kappa shape index (κ1) is 13.1. The maximum absolute atomic E-state index is 13.1. The molecule has 17 heavy (non-hydrogen) atoms. The first-order valence-corrected chi connectivity index (χ1v) is 6.53. The molecule has 90 valence electrons. The van der Waals surface area contributed by atoms with Gasteiger partial charge in [-0.15, -0.1) is 22.9 Å². The van der Waals surface area contributed by atoms with Gasteiger partial charge in [-0.2, -0.15) is 0 Å². The molecule has 6 heteroatoms. The Balaban J connectivity index is 2.43. The van der Waals surface area contributed by atoms with E-state index in [1.165, 1.54) is 11.3 Å². The SMILES string of the molecule is Fc1cc(Cl)c(C(Cl)c2ccc(Cl)s2)cc1F. The molecular weight excluding hydrogens is 309 g/mol. The summed E-state index contributed by atoms with van der Waals surface area (Å²) in [6.45, 7) is 0. The zero-order valence-corrected chi connectivity index (χ0v) is 11.3. The molecule has 0 aliphatic heterocycles. The van der Waals surface area contributed by atoms with Crippen LogP contribution >= 0.6 is 46.1 Å². The Morgan fingerprint density at radius 2 is 1.71 bits per heavy atom. The molecule has 1 unspecified atom stereocenters. The van der Waals surface area contributed by atoms with Crippen LogP contribution in [0.15, 0.2) is 24.3 Å². The molecule has 1 heterocycles. The highest BCUT2D eigenvalue weighted by Gasteiger charge is 2.18. The normalized spacial score (nSPS) is 12.8. The molecule has 0 aliphatic rings. The minimum atomic E-state index is -0.994. The van der Waals surface area contributed by atoms with Crippen molar-refractivity contribution >= 4 is 46.1 Å². The van der Waals surface area contributed by atoms with Crippen molar-refractivity contribution < 1.29 is 8.78 Å². The van der Waals surface area contributed by atoms with Gasteiger partial charge in [0.1, 0.15) is 0 Å². The molecule has 0 spiro atoms. The molecule has 0 amide bonds. The summed E-state index contributed by atoms with van der Waals surface area (Å²) >= 11 is 19.0. The van der Waals surface area contributed by atoms with E-state index < -0.39 is 17.0 Å². The Bertz CT molecular complexity index is 554. The molecular formula is C11H5Cl3F2S. The van der Waals surface area contributed by atoms with Crippen molar-refractivity contribution in [1.29, 1.82) is 0 Å². The third-order valence-corrected chi connectivity index (χ3v) is 4.38. The van der Waals surface area contributed by atoms with Gasteiger partial charge in [0.05, 0.1) is 9.71 Å². The average Bonchev–Trinajstić information content (AvgIpc) is 2.69. The highest BCUT2D eigenvalue weighted by Crippen LogP contribution is 2.38. The van der Waals surface area contributed by atoms with Crippen LogP contribution in [0.25, 0.3) is 0 Å². The second-order valence-corrected chi connectivity index (χ2v) is 5.88. The maximum atomic E-state index is 13.1. The van der Waals surface area contributed by atoms with Gasteiger partial charge in [0.25, 0.3) is 0 Å². The van der Waals surface area contributed by atoms with Crippen LogP contribution in [0.4, 0.5) is 8.78 Å². The zero-order valence-electron chi connectivity index (χ0n) is 8.18. The van der Waals surface area contributed by atoms with Gasteiger partial charge in [0, 0.05) is 9.90 Å². The van der Waals surface area contributed by atoms with E-state index in [2.05, 4.69) is 0 Å². The van der Waals surface area contributed by atoms with Crippen LogP contribution in [0.2, 0.25) is 9.36 Å². The van der Waals surface area contributed by atoms with E-state index in [-0.39, 0.29) is 5.02 Å². The lowest BCUT2D eigenvalue weighted by molar-refractivity contribution is 0.507. The van der Waals surface area contributed by atoms with E-state index in [1.54, 1.807) is 12.1 Å². The second-order valence-electron chi connectivity index (χ2n) is 3.29. The lowest BCUT2D eigenvalue weighted by Gasteiger charge is -2.10. The second kappa shape index (κ2) is 5.11. The van der Waals surface area contributed by atoms with Gasteiger partial charge in [0.2, 0.25) is 0 Å². The maximum Gasteiger partial charge on any atom is 0.160 e. The van der Waals surface area contributed by atoms with Gasteiger partial charge < -0.3 is 0 Å². The lowest BCUT2D eigenvalue weighted by atomic mass is 10.1. The molecule has 0 bridgehead atoms. The number of halogens is 5. The van der Waals surface area contributed by atoms with Crippen LogP contribution in [0.5, 0.6) is 0 Å². The number of alkyl halides is 1. The number of hydrogen-bond donors (Lipinski definition) is 0. The predicted octanol–water partition coefficient (Wildman–Crippen LogP) is 5.66. The largest absolute Gasteiger partial charge is 0.204 e. The van der Waals surface area contributed by atoms with Crippen LogP contribution in [-0.2, 0) is 0 Å². The van der Waals surface area contributed by atoms with Gasteiger partial charge in [0.15, 0.2) is 11.6 Å². The summed E-state index contributed by atoms with van der Waals surface area (Å²) in [6.07, 6.45) is 0. The summed E-state index contributed by atoms with van der Waals surface area (Å²) in [7, 11) is 0. The quantitative estimate of drug-likeness (QED) is 0.495. The first-order valence-electron chi connectivity index (χ1n) is 4.53. The summed E-state index contributed by atoms with van der Waals surface area (Å²) in [5.74, 6) is -1.97. The highest BCUT2D eigenvalue weighted by molar-refractivity contribution is 7.16. The lowest BCUT2D eigenvalue weighted by Crippen LogP contribution is -1.95. The number of rotatable bonds is 2. The molecule has 1 aromatic carbocycles.